The molecule has 1 aliphatic heterocycles. The van der Waals surface area contributed by atoms with Gasteiger partial charge in [-0.25, -0.2) is 4.39 Å². The smallest absolute Gasteiger partial charge is 0.136 e. The van der Waals surface area contributed by atoms with Crippen LogP contribution in [0.3, 0.4) is 0 Å². The lowest BCUT2D eigenvalue weighted by Gasteiger charge is -2.40. The highest BCUT2D eigenvalue weighted by Gasteiger charge is 2.49. The lowest BCUT2D eigenvalue weighted by atomic mass is 9.73. The monoisotopic (exact) mass is 324 g/mol. The van der Waals surface area contributed by atoms with Gasteiger partial charge in [-0.15, -0.1) is 4.72 Å². The van der Waals surface area contributed by atoms with Crippen LogP contribution in [0.4, 0.5) is 4.39 Å². The van der Waals surface area contributed by atoms with E-state index in [4.69, 9.17) is 0 Å². The van der Waals surface area contributed by atoms with Crippen molar-refractivity contribution < 1.29 is 8.94 Å². The maximum Gasteiger partial charge on any atom is 0.136 e. The molecule has 1 aromatic carbocycles. The Bertz CT molecular complexity index is 552. The number of hydrogen-bond donors (Lipinski definition) is 2. The van der Waals surface area contributed by atoms with Gasteiger partial charge < -0.3 is 9.87 Å². The second-order valence-electron chi connectivity index (χ2n) is 7.56. The summed E-state index contributed by atoms with van der Waals surface area (Å²) in [6, 6.07) is 5.10. The van der Waals surface area contributed by atoms with E-state index in [0.29, 0.717) is 0 Å². The van der Waals surface area contributed by atoms with Crippen LogP contribution in [0.25, 0.3) is 0 Å². The molecule has 1 fully saturated rings. The molecule has 1 spiro atoms. The van der Waals surface area contributed by atoms with Gasteiger partial charge in [-0.3, -0.25) is 0 Å². The summed E-state index contributed by atoms with van der Waals surface area (Å²) in [5, 5.41) is 3.40. The van der Waals surface area contributed by atoms with Gasteiger partial charge in [-0.05, 0) is 76.4 Å². The minimum atomic E-state index is -1.13. The SMILES string of the molecule is CC(C)(C)[S+]([O-])NC1c2ccc(F)cc2CC12CCNCC2. The van der Waals surface area contributed by atoms with Crippen LogP contribution in [0.5, 0.6) is 0 Å². The Labute approximate surface area is 135 Å². The highest BCUT2D eigenvalue weighted by Crippen LogP contribution is 2.51. The molecule has 0 amide bonds. The Balaban J connectivity index is 1.94. The highest BCUT2D eigenvalue weighted by atomic mass is 32.2. The van der Waals surface area contributed by atoms with Crippen LogP contribution in [0.1, 0.15) is 50.8 Å². The van der Waals surface area contributed by atoms with Gasteiger partial charge in [-0.2, -0.15) is 0 Å². The Morgan fingerprint density at radius 2 is 2.00 bits per heavy atom. The molecule has 2 aliphatic rings. The number of nitrogens with one attached hydrogen (secondary N) is 2. The minimum absolute atomic E-state index is 0.0465. The number of halogens is 1. The second-order valence-corrected chi connectivity index (χ2v) is 9.56. The van der Waals surface area contributed by atoms with Gasteiger partial charge in [0.15, 0.2) is 0 Å². The zero-order chi connectivity index (χ0) is 16.0. The van der Waals surface area contributed by atoms with Gasteiger partial charge in [0.1, 0.15) is 10.6 Å². The van der Waals surface area contributed by atoms with E-state index in [0.717, 1.165) is 43.5 Å². The molecule has 1 aromatic rings. The molecule has 122 valence electrons. The number of hydrogen-bond acceptors (Lipinski definition) is 3. The normalized spacial score (nSPS) is 25.2. The van der Waals surface area contributed by atoms with Crippen LogP contribution in [0.15, 0.2) is 18.2 Å². The Hall–Kier alpha value is -0.620. The van der Waals surface area contributed by atoms with Gasteiger partial charge >= 0.3 is 0 Å². The number of benzene rings is 1. The van der Waals surface area contributed by atoms with Crippen LogP contribution < -0.4 is 10.0 Å². The molecule has 2 N–H and O–H groups in total. The van der Waals surface area contributed by atoms with E-state index < -0.39 is 11.4 Å². The van der Waals surface area contributed by atoms with Crippen molar-refractivity contribution in [2.75, 3.05) is 13.1 Å². The molecule has 0 saturated carbocycles. The zero-order valence-electron chi connectivity index (χ0n) is 13.5. The Morgan fingerprint density at radius 1 is 1.32 bits per heavy atom. The lowest BCUT2D eigenvalue weighted by Crippen LogP contribution is -2.48. The topological polar surface area (TPSA) is 47.1 Å². The van der Waals surface area contributed by atoms with E-state index in [9.17, 15) is 8.94 Å². The van der Waals surface area contributed by atoms with E-state index in [1.807, 2.05) is 26.8 Å². The van der Waals surface area contributed by atoms with Crippen LogP contribution in [-0.4, -0.2) is 22.4 Å². The zero-order valence-corrected chi connectivity index (χ0v) is 14.4. The fourth-order valence-corrected chi connectivity index (χ4v) is 4.63. The number of rotatable bonds is 2. The molecule has 3 rings (SSSR count). The molecular weight excluding hydrogens is 299 g/mol. The van der Waals surface area contributed by atoms with E-state index in [-0.39, 0.29) is 22.0 Å². The van der Waals surface area contributed by atoms with Gasteiger partial charge in [0, 0.05) is 16.8 Å². The summed E-state index contributed by atoms with van der Waals surface area (Å²) in [6.07, 6.45) is 2.94. The summed E-state index contributed by atoms with van der Waals surface area (Å²) in [4.78, 5) is 0. The minimum Gasteiger partial charge on any atom is -0.598 e. The van der Waals surface area contributed by atoms with Crippen molar-refractivity contribution in [2.45, 2.75) is 50.8 Å². The first-order valence-corrected chi connectivity index (χ1v) is 9.14. The van der Waals surface area contributed by atoms with Crippen molar-refractivity contribution in [1.82, 2.24) is 10.0 Å². The fourth-order valence-electron chi connectivity index (χ4n) is 3.68. The standard InChI is InChI=1S/C17H25FN2OS/c1-16(2,3)22(21)20-15-14-5-4-13(18)10-12(14)11-17(15)6-8-19-9-7-17/h4-5,10,15,19-20H,6-9,11H2,1-3H3. The van der Waals surface area contributed by atoms with E-state index >= 15 is 0 Å². The largest absolute Gasteiger partial charge is 0.598 e. The molecule has 0 aromatic heterocycles. The third kappa shape index (κ3) is 2.92. The third-order valence-electron chi connectivity index (χ3n) is 4.95. The third-order valence-corrected chi connectivity index (χ3v) is 6.51. The van der Waals surface area contributed by atoms with Crippen LogP contribution in [-0.2, 0) is 17.8 Å². The number of fused-ring (bicyclic) bond motifs is 1. The average molecular weight is 324 g/mol. The summed E-state index contributed by atoms with van der Waals surface area (Å²) >= 11 is -1.13. The molecule has 0 bridgehead atoms. The fraction of sp³-hybridized carbons (Fsp3) is 0.647. The van der Waals surface area contributed by atoms with Gasteiger partial charge in [0.2, 0.25) is 0 Å². The van der Waals surface area contributed by atoms with Crippen LogP contribution in [0, 0.1) is 11.2 Å². The van der Waals surface area contributed by atoms with Crippen molar-refractivity contribution in [3.05, 3.63) is 35.1 Å². The lowest BCUT2D eigenvalue weighted by molar-refractivity contribution is 0.163. The first-order chi connectivity index (χ1) is 10.3. The van der Waals surface area contributed by atoms with Crippen molar-refractivity contribution in [3.63, 3.8) is 0 Å². The van der Waals surface area contributed by atoms with Crippen molar-refractivity contribution >= 4 is 11.4 Å². The van der Waals surface area contributed by atoms with E-state index in [2.05, 4.69) is 10.0 Å². The van der Waals surface area contributed by atoms with Gasteiger partial charge in [0.05, 0.1) is 6.04 Å². The predicted molar refractivity (Wildman–Crippen MR) is 88.4 cm³/mol. The molecule has 1 saturated heterocycles. The summed E-state index contributed by atoms with van der Waals surface area (Å²) in [5.74, 6) is -0.180. The van der Waals surface area contributed by atoms with E-state index in [1.54, 1.807) is 6.07 Å². The average Bonchev–Trinajstić information content (AvgIpc) is 2.71. The van der Waals surface area contributed by atoms with Crippen molar-refractivity contribution in [2.24, 2.45) is 5.41 Å². The number of piperidine rings is 1. The van der Waals surface area contributed by atoms with Gasteiger partial charge in [-0.1, -0.05) is 6.07 Å². The second kappa shape index (κ2) is 5.78. The molecule has 2 atom stereocenters. The molecule has 22 heavy (non-hydrogen) atoms. The maximum atomic E-state index is 13.6. The quantitative estimate of drug-likeness (QED) is 0.823. The molecule has 2 unspecified atom stereocenters. The maximum absolute atomic E-state index is 13.6. The van der Waals surface area contributed by atoms with Crippen molar-refractivity contribution in [3.8, 4) is 0 Å². The highest BCUT2D eigenvalue weighted by molar-refractivity contribution is 7.90. The summed E-state index contributed by atoms with van der Waals surface area (Å²) < 4.78 is 29.3. The first kappa shape index (κ1) is 16.2. The Morgan fingerprint density at radius 3 is 2.64 bits per heavy atom. The van der Waals surface area contributed by atoms with Crippen LogP contribution >= 0.6 is 0 Å². The van der Waals surface area contributed by atoms with Crippen LogP contribution in [0.2, 0.25) is 0 Å². The van der Waals surface area contributed by atoms with E-state index in [1.165, 1.54) is 6.07 Å². The predicted octanol–water partition coefficient (Wildman–Crippen LogP) is 2.84. The first-order valence-electron chi connectivity index (χ1n) is 7.99. The molecular formula is C17H25FN2OS. The summed E-state index contributed by atoms with van der Waals surface area (Å²) in [7, 11) is 0. The molecule has 3 nitrogen and oxygen atoms in total. The van der Waals surface area contributed by atoms with Gasteiger partial charge in [0.25, 0.3) is 0 Å². The molecule has 0 radical (unpaired) electrons. The Kier molecular flexibility index (Phi) is 4.27. The molecule has 5 heteroatoms. The summed E-state index contributed by atoms with van der Waals surface area (Å²) in [5.41, 5.74) is 2.26. The van der Waals surface area contributed by atoms with Crippen molar-refractivity contribution in [1.29, 1.82) is 0 Å². The molecule has 1 aliphatic carbocycles. The molecule has 1 heterocycles. The summed E-state index contributed by atoms with van der Waals surface area (Å²) in [6.45, 7) is 7.87.